The van der Waals surface area contributed by atoms with E-state index in [9.17, 15) is 5.11 Å². The van der Waals surface area contributed by atoms with E-state index in [0.29, 0.717) is 6.61 Å². The summed E-state index contributed by atoms with van der Waals surface area (Å²) < 4.78 is 5.38. The summed E-state index contributed by atoms with van der Waals surface area (Å²) in [4.78, 5) is 0. The van der Waals surface area contributed by atoms with Crippen molar-refractivity contribution in [1.29, 1.82) is 0 Å². The smallest absolute Gasteiger partial charge is 0.0499 e. The minimum atomic E-state index is 0.167. The van der Waals surface area contributed by atoms with Crippen LogP contribution in [-0.4, -0.2) is 38.0 Å². The summed E-state index contributed by atoms with van der Waals surface area (Å²) in [7, 11) is 0. The number of hydrogen-bond donors (Lipinski definition) is 2. The Labute approximate surface area is 92.2 Å². The fourth-order valence-corrected chi connectivity index (χ4v) is 2.97. The molecule has 0 radical (unpaired) electrons. The van der Waals surface area contributed by atoms with E-state index in [1.807, 2.05) is 0 Å². The molecule has 2 aliphatic heterocycles. The zero-order chi connectivity index (χ0) is 10.6. The average molecular weight is 213 g/mol. The quantitative estimate of drug-likeness (QED) is 0.739. The van der Waals surface area contributed by atoms with Gasteiger partial charge in [-0.2, -0.15) is 0 Å². The first-order valence-corrected chi connectivity index (χ1v) is 6.24. The lowest BCUT2D eigenvalue weighted by molar-refractivity contribution is 0.0199. The van der Waals surface area contributed by atoms with Gasteiger partial charge in [0.15, 0.2) is 0 Å². The van der Waals surface area contributed by atoms with Crippen molar-refractivity contribution in [2.75, 3.05) is 32.9 Å². The molecule has 15 heavy (non-hydrogen) atoms. The highest BCUT2D eigenvalue weighted by Crippen LogP contribution is 2.36. The number of ether oxygens (including phenoxy) is 1. The Morgan fingerprint density at radius 3 is 2.73 bits per heavy atom. The molecule has 0 spiro atoms. The molecule has 2 heterocycles. The summed E-state index contributed by atoms with van der Waals surface area (Å²) in [6.45, 7) is 4.30. The maximum Gasteiger partial charge on any atom is 0.0499 e. The van der Waals surface area contributed by atoms with Crippen LogP contribution in [0.25, 0.3) is 0 Å². The maximum absolute atomic E-state index is 9.60. The SMILES string of the molecule is OCC1(CC2CCOCC2)CCCNC1. The second kappa shape index (κ2) is 5.28. The molecule has 1 unspecified atom stereocenters. The maximum atomic E-state index is 9.60. The normalized spacial score (nSPS) is 34.2. The van der Waals surface area contributed by atoms with Gasteiger partial charge >= 0.3 is 0 Å². The summed E-state index contributed by atoms with van der Waals surface area (Å²) in [6, 6.07) is 0. The van der Waals surface area contributed by atoms with Gasteiger partial charge in [0.25, 0.3) is 0 Å². The highest BCUT2D eigenvalue weighted by molar-refractivity contribution is 4.87. The van der Waals surface area contributed by atoms with Gasteiger partial charge in [0, 0.05) is 31.8 Å². The van der Waals surface area contributed by atoms with E-state index in [2.05, 4.69) is 5.32 Å². The van der Waals surface area contributed by atoms with Crippen LogP contribution in [-0.2, 0) is 4.74 Å². The molecule has 88 valence electrons. The van der Waals surface area contributed by atoms with E-state index in [1.54, 1.807) is 0 Å². The van der Waals surface area contributed by atoms with Gasteiger partial charge in [-0.15, -0.1) is 0 Å². The molecule has 0 amide bonds. The standard InChI is InChI=1S/C12H23NO2/c14-10-12(4-1-5-13-9-12)8-11-2-6-15-7-3-11/h11,13-14H,1-10H2. The molecule has 0 saturated carbocycles. The molecule has 3 nitrogen and oxygen atoms in total. The molecule has 0 aromatic rings. The highest BCUT2D eigenvalue weighted by atomic mass is 16.5. The zero-order valence-corrected chi connectivity index (χ0v) is 9.50. The number of nitrogens with one attached hydrogen (secondary N) is 1. The van der Waals surface area contributed by atoms with Gasteiger partial charge in [0.2, 0.25) is 0 Å². The van der Waals surface area contributed by atoms with Crippen LogP contribution in [0.15, 0.2) is 0 Å². The molecule has 2 rings (SSSR count). The van der Waals surface area contributed by atoms with E-state index in [1.165, 1.54) is 32.1 Å². The summed E-state index contributed by atoms with van der Waals surface area (Å²) in [5, 5.41) is 13.0. The van der Waals surface area contributed by atoms with E-state index in [-0.39, 0.29) is 5.41 Å². The summed E-state index contributed by atoms with van der Waals surface area (Å²) in [5.74, 6) is 0.769. The fraction of sp³-hybridized carbons (Fsp3) is 1.00. The monoisotopic (exact) mass is 213 g/mol. The van der Waals surface area contributed by atoms with Gasteiger partial charge in [-0.25, -0.2) is 0 Å². The Hall–Kier alpha value is -0.120. The summed E-state index contributed by atoms with van der Waals surface area (Å²) in [6.07, 6.45) is 5.95. The van der Waals surface area contributed by atoms with Crippen molar-refractivity contribution in [3.63, 3.8) is 0 Å². The van der Waals surface area contributed by atoms with Crippen molar-refractivity contribution in [3.8, 4) is 0 Å². The Bertz CT molecular complexity index is 184. The van der Waals surface area contributed by atoms with Crippen molar-refractivity contribution in [2.24, 2.45) is 11.3 Å². The molecule has 0 aliphatic carbocycles. The van der Waals surface area contributed by atoms with Crippen LogP contribution in [0.3, 0.4) is 0 Å². The predicted molar refractivity (Wildman–Crippen MR) is 59.8 cm³/mol. The third kappa shape index (κ3) is 2.92. The van der Waals surface area contributed by atoms with Gasteiger partial charge in [0.05, 0.1) is 0 Å². The number of hydrogen-bond acceptors (Lipinski definition) is 3. The van der Waals surface area contributed by atoms with E-state index in [4.69, 9.17) is 4.74 Å². The molecule has 0 aromatic heterocycles. The number of piperidine rings is 1. The van der Waals surface area contributed by atoms with Gasteiger partial charge in [-0.1, -0.05) is 0 Å². The van der Waals surface area contributed by atoms with Crippen molar-refractivity contribution < 1.29 is 9.84 Å². The van der Waals surface area contributed by atoms with Crippen LogP contribution in [0, 0.1) is 11.3 Å². The first-order valence-electron chi connectivity index (χ1n) is 6.24. The van der Waals surface area contributed by atoms with Crippen molar-refractivity contribution >= 4 is 0 Å². The van der Waals surface area contributed by atoms with Gasteiger partial charge in [-0.05, 0) is 44.6 Å². The molecule has 3 heteroatoms. The Kier molecular flexibility index (Phi) is 4.00. The topological polar surface area (TPSA) is 41.5 Å². The van der Waals surface area contributed by atoms with Crippen molar-refractivity contribution in [2.45, 2.75) is 32.1 Å². The van der Waals surface area contributed by atoms with Crippen LogP contribution in [0.2, 0.25) is 0 Å². The first kappa shape index (κ1) is 11.4. The minimum Gasteiger partial charge on any atom is -0.396 e. The minimum absolute atomic E-state index is 0.167. The number of aliphatic hydroxyl groups excluding tert-OH is 1. The second-order valence-corrected chi connectivity index (χ2v) is 5.20. The van der Waals surface area contributed by atoms with Crippen LogP contribution >= 0.6 is 0 Å². The van der Waals surface area contributed by atoms with Crippen molar-refractivity contribution in [1.82, 2.24) is 5.32 Å². The molecule has 2 saturated heterocycles. The average Bonchev–Trinajstić information content (AvgIpc) is 2.32. The molecule has 2 aliphatic rings. The number of rotatable bonds is 3. The third-order valence-corrected chi connectivity index (χ3v) is 3.96. The Morgan fingerprint density at radius 1 is 1.33 bits per heavy atom. The van der Waals surface area contributed by atoms with E-state index in [0.717, 1.165) is 32.2 Å². The van der Waals surface area contributed by atoms with Crippen LogP contribution in [0.1, 0.15) is 32.1 Å². The van der Waals surface area contributed by atoms with Crippen LogP contribution in [0.5, 0.6) is 0 Å². The number of aliphatic hydroxyl groups is 1. The third-order valence-electron chi connectivity index (χ3n) is 3.96. The first-order chi connectivity index (χ1) is 7.35. The lowest BCUT2D eigenvalue weighted by Crippen LogP contribution is -2.44. The molecular formula is C12H23NO2. The largest absolute Gasteiger partial charge is 0.396 e. The van der Waals surface area contributed by atoms with Crippen LogP contribution in [0.4, 0.5) is 0 Å². The van der Waals surface area contributed by atoms with Crippen molar-refractivity contribution in [3.05, 3.63) is 0 Å². The molecule has 2 fully saturated rings. The lowest BCUT2D eigenvalue weighted by Gasteiger charge is -2.39. The molecule has 0 aromatic carbocycles. The van der Waals surface area contributed by atoms with Gasteiger partial charge in [0.1, 0.15) is 0 Å². The van der Waals surface area contributed by atoms with Gasteiger partial charge in [-0.3, -0.25) is 0 Å². The second-order valence-electron chi connectivity index (χ2n) is 5.20. The molecular weight excluding hydrogens is 190 g/mol. The Balaban J connectivity index is 1.87. The lowest BCUT2D eigenvalue weighted by atomic mass is 9.73. The fourth-order valence-electron chi connectivity index (χ4n) is 2.97. The molecule has 2 N–H and O–H groups in total. The molecule has 0 bridgehead atoms. The Morgan fingerprint density at radius 2 is 2.13 bits per heavy atom. The van der Waals surface area contributed by atoms with Gasteiger partial charge < -0.3 is 15.2 Å². The summed E-state index contributed by atoms with van der Waals surface area (Å²) >= 11 is 0. The zero-order valence-electron chi connectivity index (χ0n) is 9.50. The van der Waals surface area contributed by atoms with Crippen LogP contribution < -0.4 is 5.32 Å². The summed E-state index contributed by atoms with van der Waals surface area (Å²) in [5.41, 5.74) is 0.167. The highest BCUT2D eigenvalue weighted by Gasteiger charge is 2.34. The van der Waals surface area contributed by atoms with E-state index < -0.39 is 0 Å². The predicted octanol–water partition coefficient (Wildman–Crippen LogP) is 1.17. The molecule has 1 atom stereocenters. The van der Waals surface area contributed by atoms with E-state index >= 15 is 0 Å².